The van der Waals surface area contributed by atoms with E-state index in [-0.39, 0.29) is 0 Å². The molecule has 0 aliphatic carbocycles. The minimum Gasteiger partial charge on any atom is -0.396 e. The molecule has 0 bridgehead atoms. The van der Waals surface area contributed by atoms with Gasteiger partial charge in [0.25, 0.3) is 0 Å². The van der Waals surface area contributed by atoms with Gasteiger partial charge in [0.1, 0.15) is 6.10 Å². The molecule has 0 radical (unpaired) electrons. The number of aliphatic hydroxyl groups excluding tert-OH is 6. The highest BCUT2D eigenvalue weighted by molar-refractivity contribution is 4.74. The summed E-state index contributed by atoms with van der Waals surface area (Å²) in [6, 6.07) is 0. The summed E-state index contributed by atoms with van der Waals surface area (Å²) < 4.78 is 0. The topological polar surface area (TPSA) is 162 Å². The molecule has 0 spiro atoms. The van der Waals surface area contributed by atoms with Crippen molar-refractivity contribution < 1.29 is 40.9 Å². The predicted octanol–water partition coefficient (Wildman–Crippen LogP) is -4.02. The molecule has 0 fully saturated rings. The van der Waals surface area contributed by atoms with Gasteiger partial charge in [0.05, 0.1) is 38.4 Å². The molecule has 0 aliphatic rings. The molecule has 1 unspecified atom stereocenters. The van der Waals surface area contributed by atoms with E-state index in [0.29, 0.717) is 0 Å². The second-order valence-corrected chi connectivity index (χ2v) is 3.85. The lowest BCUT2D eigenvalue weighted by atomic mass is 9.93. The van der Waals surface area contributed by atoms with Crippen LogP contribution in [0.1, 0.15) is 6.92 Å². The third kappa shape index (κ3) is 6.86. The lowest BCUT2D eigenvalue weighted by Gasteiger charge is -2.23. The zero-order chi connectivity index (χ0) is 14.1. The first-order chi connectivity index (χ1) is 7.75. The Labute approximate surface area is 99.0 Å². The van der Waals surface area contributed by atoms with E-state index in [0.717, 1.165) is 0 Å². The van der Waals surface area contributed by atoms with Crippen molar-refractivity contribution in [3.63, 3.8) is 0 Å². The van der Waals surface area contributed by atoms with Crippen molar-refractivity contribution in [3.05, 3.63) is 0 Å². The summed E-state index contributed by atoms with van der Waals surface area (Å²) in [5.41, 5.74) is -1.11. The molecular formula is C9H22O8. The van der Waals surface area contributed by atoms with Crippen molar-refractivity contribution in [1.82, 2.24) is 0 Å². The van der Waals surface area contributed by atoms with Crippen molar-refractivity contribution in [2.45, 2.75) is 18.8 Å². The fourth-order valence-corrected chi connectivity index (χ4v) is 0.432. The van der Waals surface area contributed by atoms with Crippen LogP contribution >= 0.6 is 0 Å². The zero-order valence-corrected chi connectivity index (χ0v) is 9.69. The van der Waals surface area contributed by atoms with Crippen LogP contribution in [0.25, 0.3) is 0 Å². The number of aliphatic hydroxyl groups is 8. The molecular weight excluding hydrogens is 236 g/mol. The van der Waals surface area contributed by atoms with Gasteiger partial charge in [-0.1, -0.05) is 0 Å². The minimum atomic E-state index is -2.35. The smallest absolute Gasteiger partial charge is 0.213 e. The molecule has 0 aliphatic heterocycles. The van der Waals surface area contributed by atoms with Gasteiger partial charge >= 0.3 is 0 Å². The Morgan fingerprint density at radius 3 is 1.06 bits per heavy atom. The SMILES string of the molecule is CC(O)C(O)(O)CO.OCC(CO)(CO)CO. The maximum atomic E-state index is 8.50. The van der Waals surface area contributed by atoms with E-state index in [1.807, 2.05) is 0 Å². The van der Waals surface area contributed by atoms with Gasteiger partial charge in [-0.3, -0.25) is 0 Å². The Kier molecular flexibility index (Phi) is 9.77. The highest BCUT2D eigenvalue weighted by atomic mass is 16.5. The molecule has 8 nitrogen and oxygen atoms in total. The second kappa shape index (κ2) is 8.72. The quantitative estimate of drug-likeness (QED) is 0.223. The summed E-state index contributed by atoms with van der Waals surface area (Å²) in [5.74, 6) is -2.35. The zero-order valence-electron chi connectivity index (χ0n) is 9.69. The summed E-state index contributed by atoms with van der Waals surface area (Å²) in [4.78, 5) is 0. The van der Waals surface area contributed by atoms with Crippen molar-refractivity contribution in [3.8, 4) is 0 Å². The molecule has 0 aromatic heterocycles. The molecule has 0 amide bonds. The Morgan fingerprint density at radius 1 is 0.765 bits per heavy atom. The maximum Gasteiger partial charge on any atom is 0.213 e. The summed E-state index contributed by atoms with van der Waals surface area (Å²) in [6.45, 7) is -1.30. The third-order valence-corrected chi connectivity index (χ3v) is 2.24. The minimum absolute atomic E-state index is 0.406. The average molecular weight is 258 g/mol. The lowest BCUT2D eigenvalue weighted by Crippen LogP contribution is -2.43. The summed E-state index contributed by atoms with van der Waals surface area (Å²) in [5, 5.41) is 67.4. The average Bonchev–Trinajstić information content (AvgIpc) is 2.33. The fourth-order valence-electron chi connectivity index (χ4n) is 0.432. The monoisotopic (exact) mass is 258 g/mol. The van der Waals surface area contributed by atoms with Gasteiger partial charge in [-0.05, 0) is 6.92 Å². The van der Waals surface area contributed by atoms with Crippen LogP contribution < -0.4 is 0 Å². The predicted molar refractivity (Wildman–Crippen MR) is 56.7 cm³/mol. The molecule has 8 heteroatoms. The first kappa shape index (κ1) is 19.0. The molecule has 1 atom stereocenters. The van der Waals surface area contributed by atoms with E-state index in [9.17, 15) is 0 Å². The lowest BCUT2D eigenvalue weighted by molar-refractivity contribution is -0.238. The van der Waals surface area contributed by atoms with Gasteiger partial charge in [-0.25, -0.2) is 0 Å². The molecule has 0 saturated heterocycles. The van der Waals surface area contributed by atoms with E-state index in [2.05, 4.69) is 0 Å². The molecule has 0 aromatic rings. The van der Waals surface area contributed by atoms with Crippen LogP contribution in [-0.2, 0) is 0 Å². The van der Waals surface area contributed by atoms with Crippen LogP contribution in [0, 0.1) is 5.41 Å². The largest absolute Gasteiger partial charge is 0.396 e. The molecule has 17 heavy (non-hydrogen) atoms. The maximum absolute atomic E-state index is 8.50. The van der Waals surface area contributed by atoms with E-state index in [4.69, 9.17) is 40.9 Å². The number of hydrogen-bond acceptors (Lipinski definition) is 8. The van der Waals surface area contributed by atoms with Crippen LogP contribution in [0.2, 0.25) is 0 Å². The van der Waals surface area contributed by atoms with Crippen LogP contribution in [0.5, 0.6) is 0 Å². The Morgan fingerprint density at radius 2 is 1.06 bits per heavy atom. The van der Waals surface area contributed by atoms with E-state index in [1.165, 1.54) is 6.92 Å². The van der Waals surface area contributed by atoms with Gasteiger partial charge in [0.2, 0.25) is 5.79 Å². The standard InChI is InChI=1S/C5H12O4.C4H10O4/c6-1-5(2-7,3-8)4-9;1-3(6)4(7,8)2-5/h6-9H,1-4H2;3,5-8H,2H2,1H3. The van der Waals surface area contributed by atoms with Gasteiger partial charge in [-0.15, -0.1) is 0 Å². The molecule has 0 aromatic carbocycles. The summed E-state index contributed by atoms with van der Waals surface area (Å²) in [6.07, 6.45) is -1.33. The van der Waals surface area contributed by atoms with Crippen molar-refractivity contribution in [2.75, 3.05) is 33.0 Å². The first-order valence-corrected chi connectivity index (χ1v) is 4.92. The molecule has 0 heterocycles. The fraction of sp³-hybridized carbons (Fsp3) is 1.00. The highest BCUT2D eigenvalue weighted by Crippen LogP contribution is 2.11. The van der Waals surface area contributed by atoms with Crippen LogP contribution in [0.4, 0.5) is 0 Å². The Hall–Kier alpha value is -0.320. The molecule has 106 valence electrons. The number of rotatable bonds is 6. The highest BCUT2D eigenvalue weighted by Gasteiger charge is 2.28. The van der Waals surface area contributed by atoms with Crippen LogP contribution in [0.15, 0.2) is 0 Å². The summed E-state index contributed by atoms with van der Waals surface area (Å²) >= 11 is 0. The summed E-state index contributed by atoms with van der Waals surface area (Å²) in [7, 11) is 0. The first-order valence-electron chi connectivity index (χ1n) is 4.92. The van der Waals surface area contributed by atoms with E-state index >= 15 is 0 Å². The molecule has 0 saturated carbocycles. The molecule has 8 N–H and O–H groups in total. The third-order valence-electron chi connectivity index (χ3n) is 2.24. The van der Waals surface area contributed by atoms with Gasteiger partial charge in [-0.2, -0.15) is 0 Å². The van der Waals surface area contributed by atoms with Crippen molar-refractivity contribution in [1.29, 1.82) is 0 Å². The number of hydrogen-bond donors (Lipinski definition) is 8. The van der Waals surface area contributed by atoms with Crippen LogP contribution in [-0.4, -0.2) is 85.8 Å². The normalized spacial score (nSPS) is 13.9. The van der Waals surface area contributed by atoms with E-state index < -0.39 is 50.3 Å². The van der Waals surface area contributed by atoms with Gasteiger partial charge in [0, 0.05) is 0 Å². The van der Waals surface area contributed by atoms with Gasteiger partial charge in [0.15, 0.2) is 0 Å². The van der Waals surface area contributed by atoms with Crippen molar-refractivity contribution >= 4 is 0 Å². The van der Waals surface area contributed by atoms with Crippen LogP contribution in [0.3, 0.4) is 0 Å². The van der Waals surface area contributed by atoms with Crippen molar-refractivity contribution in [2.24, 2.45) is 5.41 Å². The molecule has 0 rings (SSSR count). The Balaban J connectivity index is 0. The second-order valence-electron chi connectivity index (χ2n) is 3.85. The Bertz CT molecular complexity index is 160. The van der Waals surface area contributed by atoms with Gasteiger partial charge < -0.3 is 40.9 Å². The van der Waals surface area contributed by atoms with E-state index in [1.54, 1.807) is 0 Å².